The summed E-state index contributed by atoms with van der Waals surface area (Å²) in [7, 11) is 0. The van der Waals surface area contributed by atoms with Crippen LogP contribution in [0, 0.1) is 0 Å². The molecule has 8 nitrogen and oxygen atoms in total. The van der Waals surface area contributed by atoms with Crippen molar-refractivity contribution in [1.82, 2.24) is 14.5 Å². The van der Waals surface area contributed by atoms with Crippen LogP contribution < -0.4 is 5.56 Å². The zero-order chi connectivity index (χ0) is 24.2. The SMILES string of the molecule is O=C1C=CC(=NC(=O)c2nc3ccccc3n(C3CCN(C4CCCCCCC4)CC3)c2=O)C=N1. The largest absolute Gasteiger partial charge is 0.302 e. The van der Waals surface area contributed by atoms with Gasteiger partial charge >= 0.3 is 5.91 Å². The Balaban J connectivity index is 1.42. The fourth-order valence-corrected chi connectivity index (χ4v) is 5.57. The van der Waals surface area contributed by atoms with Crippen molar-refractivity contribution >= 4 is 34.8 Å². The number of para-hydroxylation sites is 2. The molecule has 2 fully saturated rings. The number of nitrogens with zero attached hydrogens (tertiary/aromatic N) is 5. The van der Waals surface area contributed by atoms with Gasteiger partial charge in [-0.15, -0.1) is 0 Å². The monoisotopic (exact) mass is 473 g/mol. The predicted octanol–water partition coefficient (Wildman–Crippen LogP) is 3.89. The van der Waals surface area contributed by atoms with Crippen LogP contribution in [0.1, 0.15) is 74.3 Å². The summed E-state index contributed by atoms with van der Waals surface area (Å²) < 4.78 is 1.76. The van der Waals surface area contributed by atoms with Crippen LogP contribution >= 0.6 is 0 Å². The lowest BCUT2D eigenvalue weighted by Crippen LogP contribution is -2.44. The van der Waals surface area contributed by atoms with Gasteiger partial charge < -0.3 is 9.47 Å². The molecule has 1 saturated carbocycles. The van der Waals surface area contributed by atoms with Gasteiger partial charge in [-0.1, -0.05) is 44.2 Å². The van der Waals surface area contributed by atoms with Gasteiger partial charge in [-0.2, -0.15) is 0 Å². The van der Waals surface area contributed by atoms with E-state index in [0.29, 0.717) is 11.6 Å². The minimum atomic E-state index is -0.720. The van der Waals surface area contributed by atoms with Gasteiger partial charge in [0.15, 0.2) is 5.69 Å². The molecule has 2 amide bonds. The minimum Gasteiger partial charge on any atom is -0.302 e. The first-order valence-electron chi connectivity index (χ1n) is 12.7. The molecule has 1 saturated heterocycles. The number of piperidine rings is 1. The maximum Gasteiger partial charge on any atom is 0.301 e. The summed E-state index contributed by atoms with van der Waals surface area (Å²) in [5.41, 5.74) is 0.965. The number of amides is 2. The van der Waals surface area contributed by atoms with Crippen molar-refractivity contribution in [2.75, 3.05) is 13.1 Å². The standard InChI is InChI=1S/C27H31N5O3/c33-24-13-12-19(18-28-24)29-26(34)25-27(35)32(23-11-7-6-10-22(23)30-25)21-14-16-31(17-15-21)20-8-4-2-1-3-5-9-20/h6-7,10-13,18,20-21H,1-5,8-9,14-17H2. The van der Waals surface area contributed by atoms with Gasteiger partial charge in [0, 0.05) is 31.2 Å². The fraction of sp³-hybridized carbons (Fsp3) is 0.481. The summed E-state index contributed by atoms with van der Waals surface area (Å²) in [6.45, 7) is 1.92. The van der Waals surface area contributed by atoms with Gasteiger partial charge in [-0.25, -0.2) is 15.0 Å². The van der Waals surface area contributed by atoms with Crippen LogP contribution in [0.2, 0.25) is 0 Å². The van der Waals surface area contributed by atoms with Crippen molar-refractivity contribution < 1.29 is 9.59 Å². The second kappa shape index (κ2) is 10.6. The first-order chi connectivity index (χ1) is 17.1. The lowest BCUT2D eigenvalue weighted by Gasteiger charge is -2.39. The van der Waals surface area contributed by atoms with E-state index in [-0.39, 0.29) is 17.4 Å². The van der Waals surface area contributed by atoms with Crippen LogP contribution in [-0.4, -0.2) is 57.3 Å². The average molecular weight is 474 g/mol. The molecule has 3 heterocycles. The van der Waals surface area contributed by atoms with Crippen molar-refractivity contribution in [2.45, 2.75) is 69.9 Å². The predicted molar refractivity (Wildman–Crippen MR) is 136 cm³/mol. The lowest BCUT2D eigenvalue weighted by atomic mass is 9.93. The molecule has 0 radical (unpaired) electrons. The van der Waals surface area contributed by atoms with E-state index in [1.807, 2.05) is 24.3 Å². The van der Waals surface area contributed by atoms with E-state index in [0.717, 1.165) is 31.4 Å². The Kier molecular flexibility index (Phi) is 7.08. The molecule has 3 aliphatic rings. The Bertz CT molecular complexity index is 1240. The highest BCUT2D eigenvalue weighted by Crippen LogP contribution is 2.29. The van der Waals surface area contributed by atoms with Gasteiger partial charge in [-0.05, 0) is 43.9 Å². The van der Waals surface area contributed by atoms with Gasteiger partial charge in [-0.3, -0.25) is 14.4 Å². The Morgan fingerprint density at radius 2 is 1.60 bits per heavy atom. The number of aromatic nitrogens is 2. The van der Waals surface area contributed by atoms with Crippen LogP contribution in [0.4, 0.5) is 0 Å². The van der Waals surface area contributed by atoms with Gasteiger partial charge in [0.25, 0.3) is 11.5 Å². The second-order valence-electron chi connectivity index (χ2n) is 9.66. The lowest BCUT2D eigenvalue weighted by molar-refractivity contribution is -0.113. The number of allylic oxidation sites excluding steroid dienone is 1. The summed E-state index contributed by atoms with van der Waals surface area (Å²) in [6.07, 6.45) is 14.8. The number of aliphatic imine (C=N–C) groups is 2. The molecule has 182 valence electrons. The smallest absolute Gasteiger partial charge is 0.301 e. The molecular formula is C27H31N5O3. The second-order valence-corrected chi connectivity index (χ2v) is 9.66. The first kappa shape index (κ1) is 23.5. The summed E-state index contributed by atoms with van der Waals surface area (Å²) in [5.74, 6) is -1.13. The molecule has 35 heavy (non-hydrogen) atoms. The third-order valence-electron chi connectivity index (χ3n) is 7.40. The molecule has 1 aliphatic carbocycles. The van der Waals surface area contributed by atoms with Crippen molar-refractivity contribution in [3.05, 3.63) is 52.5 Å². The highest BCUT2D eigenvalue weighted by Gasteiger charge is 2.29. The van der Waals surface area contributed by atoms with E-state index >= 15 is 0 Å². The first-order valence-corrected chi connectivity index (χ1v) is 12.7. The molecule has 0 unspecified atom stereocenters. The van der Waals surface area contributed by atoms with Crippen LogP contribution in [0.5, 0.6) is 0 Å². The maximum atomic E-state index is 13.6. The van der Waals surface area contributed by atoms with Crippen LogP contribution in [0.25, 0.3) is 11.0 Å². The topological polar surface area (TPSA) is 97.0 Å². The number of hydrogen-bond acceptors (Lipinski definition) is 5. The third kappa shape index (κ3) is 5.22. The summed E-state index contributed by atoms with van der Waals surface area (Å²) in [4.78, 5) is 52.4. The Morgan fingerprint density at radius 3 is 2.31 bits per heavy atom. The van der Waals surface area contributed by atoms with Gasteiger partial charge in [0.05, 0.1) is 23.0 Å². The van der Waals surface area contributed by atoms with E-state index < -0.39 is 17.4 Å². The van der Waals surface area contributed by atoms with Crippen molar-refractivity contribution in [3.63, 3.8) is 0 Å². The van der Waals surface area contributed by atoms with E-state index in [1.165, 1.54) is 63.3 Å². The molecule has 0 spiro atoms. The van der Waals surface area contributed by atoms with E-state index in [4.69, 9.17) is 0 Å². The van der Waals surface area contributed by atoms with Crippen LogP contribution in [0.15, 0.2) is 51.2 Å². The Labute approximate surface area is 204 Å². The molecule has 8 heteroatoms. The summed E-state index contributed by atoms with van der Waals surface area (Å²) in [6, 6.07) is 8.11. The number of carbonyl (C=O) groups excluding carboxylic acids is 2. The van der Waals surface area contributed by atoms with E-state index in [2.05, 4.69) is 19.9 Å². The number of carbonyl (C=O) groups is 2. The number of hydrogen-bond donors (Lipinski definition) is 0. The third-order valence-corrected chi connectivity index (χ3v) is 7.40. The number of benzene rings is 1. The number of dihydropyridines is 1. The van der Waals surface area contributed by atoms with E-state index in [9.17, 15) is 14.4 Å². The molecule has 0 N–H and O–H groups in total. The molecule has 1 aromatic carbocycles. The van der Waals surface area contributed by atoms with Crippen LogP contribution in [0.3, 0.4) is 0 Å². The minimum absolute atomic E-state index is 0.00756. The number of likely N-dealkylation sites (tertiary alicyclic amines) is 1. The highest BCUT2D eigenvalue weighted by atomic mass is 16.2. The molecular weight excluding hydrogens is 442 g/mol. The molecule has 5 rings (SSSR count). The number of rotatable bonds is 3. The van der Waals surface area contributed by atoms with Gasteiger partial charge in [0.1, 0.15) is 0 Å². The van der Waals surface area contributed by atoms with Crippen molar-refractivity contribution in [1.29, 1.82) is 0 Å². The van der Waals surface area contributed by atoms with Crippen LogP contribution in [-0.2, 0) is 4.79 Å². The molecule has 1 aromatic heterocycles. The average Bonchev–Trinajstić information content (AvgIpc) is 2.85. The molecule has 2 aliphatic heterocycles. The quantitative estimate of drug-likeness (QED) is 0.674. The zero-order valence-electron chi connectivity index (χ0n) is 19.9. The Hall–Kier alpha value is -3.26. The summed E-state index contributed by atoms with van der Waals surface area (Å²) in [5, 5.41) is 0. The number of fused-ring (bicyclic) bond motifs is 1. The normalized spacial score (nSPS) is 21.9. The van der Waals surface area contributed by atoms with E-state index in [1.54, 1.807) is 4.57 Å². The van der Waals surface area contributed by atoms with Gasteiger partial charge in [0.2, 0.25) is 0 Å². The molecule has 0 atom stereocenters. The molecule has 2 aromatic rings. The zero-order valence-corrected chi connectivity index (χ0v) is 19.9. The summed E-state index contributed by atoms with van der Waals surface area (Å²) >= 11 is 0. The maximum absolute atomic E-state index is 13.6. The Morgan fingerprint density at radius 1 is 0.886 bits per heavy atom. The molecule has 0 bridgehead atoms. The van der Waals surface area contributed by atoms with Crippen molar-refractivity contribution in [3.8, 4) is 0 Å². The highest BCUT2D eigenvalue weighted by molar-refractivity contribution is 6.41. The fourth-order valence-electron chi connectivity index (χ4n) is 5.57. The van der Waals surface area contributed by atoms with Crippen molar-refractivity contribution in [2.24, 2.45) is 9.98 Å².